The minimum atomic E-state index is -0.463. The highest BCUT2D eigenvalue weighted by Gasteiger charge is 2.16. The molecule has 1 atom stereocenters. The molecule has 1 unspecified atom stereocenters. The molecule has 1 N–H and O–H groups in total. The molecule has 16 heavy (non-hydrogen) atoms. The van der Waals surface area contributed by atoms with Gasteiger partial charge >= 0.3 is 0 Å². The van der Waals surface area contributed by atoms with E-state index in [9.17, 15) is 5.11 Å². The molecular formula is C13H18BrClO. The van der Waals surface area contributed by atoms with Crippen LogP contribution in [0.25, 0.3) is 0 Å². The van der Waals surface area contributed by atoms with Crippen molar-refractivity contribution >= 4 is 27.5 Å². The monoisotopic (exact) mass is 304 g/mol. The van der Waals surface area contributed by atoms with E-state index < -0.39 is 6.10 Å². The third-order valence-electron chi connectivity index (χ3n) is 3.03. The number of halogens is 2. The fourth-order valence-electron chi connectivity index (χ4n) is 1.83. The molecule has 0 spiro atoms. The fraction of sp³-hybridized carbons (Fsp3) is 0.538. The molecule has 0 aliphatic heterocycles. The molecule has 0 heterocycles. The first-order chi connectivity index (χ1) is 7.58. The highest BCUT2D eigenvalue weighted by atomic mass is 79.9. The largest absolute Gasteiger partial charge is 0.388 e. The van der Waals surface area contributed by atoms with Gasteiger partial charge in [0.05, 0.1) is 6.10 Å². The second kappa shape index (κ2) is 6.63. The summed E-state index contributed by atoms with van der Waals surface area (Å²) in [6, 6.07) is 5.60. The van der Waals surface area contributed by atoms with Gasteiger partial charge in [-0.1, -0.05) is 54.2 Å². The van der Waals surface area contributed by atoms with Crippen molar-refractivity contribution in [1.82, 2.24) is 0 Å². The number of aliphatic hydroxyl groups is 1. The van der Waals surface area contributed by atoms with Gasteiger partial charge in [-0.25, -0.2) is 0 Å². The Bertz CT molecular complexity index is 337. The maximum absolute atomic E-state index is 10.2. The zero-order valence-corrected chi connectivity index (χ0v) is 12.1. The molecule has 0 aliphatic carbocycles. The van der Waals surface area contributed by atoms with Gasteiger partial charge in [0.2, 0.25) is 0 Å². The minimum absolute atomic E-state index is 0.463. The van der Waals surface area contributed by atoms with Crippen molar-refractivity contribution in [2.24, 2.45) is 5.92 Å². The lowest BCUT2D eigenvalue weighted by atomic mass is 9.93. The van der Waals surface area contributed by atoms with Gasteiger partial charge in [-0.2, -0.15) is 0 Å². The molecule has 1 rings (SSSR count). The van der Waals surface area contributed by atoms with Crippen molar-refractivity contribution in [1.29, 1.82) is 0 Å². The van der Waals surface area contributed by atoms with Gasteiger partial charge in [-0.3, -0.25) is 0 Å². The number of hydrogen-bond donors (Lipinski definition) is 1. The van der Waals surface area contributed by atoms with Crippen LogP contribution in [0.5, 0.6) is 0 Å². The molecule has 90 valence electrons. The van der Waals surface area contributed by atoms with E-state index in [-0.39, 0.29) is 0 Å². The van der Waals surface area contributed by atoms with Crippen LogP contribution in [-0.2, 0) is 0 Å². The van der Waals surface area contributed by atoms with Gasteiger partial charge < -0.3 is 5.11 Å². The Morgan fingerprint density at radius 2 is 1.94 bits per heavy atom. The molecule has 0 aliphatic rings. The SMILES string of the molecule is CCC(CC)CC(O)c1cc(Br)ccc1Cl. The van der Waals surface area contributed by atoms with Crippen molar-refractivity contribution < 1.29 is 5.11 Å². The minimum Gasteiger partial charge on any atom is -0.388 e. The molecular weight excluding hydrogens is 287 g/mol. The van der Waals surface area contributed by atoms with Gasteiger partial charge in [-0.15, -0.1) is 0 Å². The summed E-state index contributed by atoms with van der Waals surface area (Å²) in [4.78, 5) is 0. The molecule has 0 amide bonds. The van der Waals surface area contributed by atoms with E-state index in [4.69, 9.17) is 11.6 Å². The lowest BCUT2D eigenvalue weighted by molar-refractivity contribution is 0.141. The molecule has 0 saturated carbocycles. The van der Waals surface area contributed by atoms with E-state index in [1.807, 2.05) is 18.2 Å². The van der Waals surface area contributed by atoms with Crippen LogP contribution >= 0.6 is 27.5 Å². The summed E-state index contributed by atoms with van der Waals surface area (Å²) in [6.07, 6.45) is 2.51. The summed E-state index contributed by atoms with van der Waals surface area (Å²) in [6.45, 7) is 4.31. The summed E-state index contributed by atoms with van der Waals surface area (Å²) in [7, 11) is 0. The van der Waals surface area contributed by atoms with Gasteiger partial charge in [0.25, 0.3) is 0 Å². The first kappa shape index (κ1) is 14.0. The maximum atomic E-state index is 10.2. The molecule has 0 saturated heterocycles. The standard InChI is InChI=1S/C13H18BrClO/c1-3-9(4-2)7-13(16)11-8-10(14)5-6-12(11)15/h5-6,8-9,13,16H,3-4,7H2,1-2H3. The molecule has 0 radical (unpaired) electrons. The number of aliphatic hydroxyl groups excluding tert-OH is 1. The predicted octanol–water partition coefficient (Wildman–Crippen LogP) is 4.96. The van der Waals surface area contributed by atoms with Gasteiger partial charge in [0, 0.05) is 15.1 Å². The second-order valence-corrected chi connectivity index (χ2v) is 5.42. The summed E-state index contributed by atoms with van der Waals surface area (Å²) in [5, 5.41) is 10.8. The van der Waals surface area contributed by atoms with E-state index in [0.29, 0.717) is 10.9 Å². The molecule has 1 aromatic rings. The quantitative estimate of drug-likeness (QED) is 0.815. The Morgan fingerprint density at radius 1 is 1.31 bits per heavy atom. The molecule has 1 aromatic carbocycles. The van der Waals surface area contributed by atoms with E-state index in [1.54, 1.807) is 0 Å². The van der Waals surface area contributed by atoms with Crippen LogP contribution in [0.4, 0.5) is 0 Å². The number of hydrogen-bond acceptors (Lipinski definition) is 1. The second-order valence-electron chi connectivity index (χ2n) is 4.10. The third-order valence-corrected chi connectivity index (χ3v) is 3.87. The first-order valence-corrected chi connectivity index (χ1v) is 6.88. The molecule has 0 bridgehead atoms. The van der Waals surface area contributed by atoms with Crippen LogP contribution in [0, 0.1) is 5.92 Å². The first-order valence-electron chi connectivity index (χ1n) is 5.71. The highest BCUT2D eigenvalue weighted by Crippen LogP contribution is 2.31. The summed E-state index contributed by atoms with van der Waals surface area (Å²) >= 11 is 9.48. The van der Waals surface area contributed by atoms with Crippen molar-refractivity contribution in [2.75, 3.05) is 0 Å². The van der Waals surface area contributed by atoms with E-state index in [1.165, 1.54) is 0 Å². The molecule has 1 nitrogen and oxygen atoms in total. The zero-order valence-electron chi connectivity index (χ0n) is 9.71. The van der Waals surface area contributed by atoms with Crippen LogP contribution < -0.4 is 0 Å². The molecule has 0 aromatic heterocycles. The Labute approximate surface area is 111 Å². The Morgan fingerprint density at radius 3 is 2.50 bits per heavy atom. The maximum Gasteiger partial charge on any atom is 0.0807 e. The number of rotatable bonds is 5. The average Bonchev–Trinajstić information content (AvgIpc) is 2.28. The van der Waals surface area contributed by atoms with Gasteiger partial charge in [-0.05, 0) is 30.5 Å². The van der Waals surface area contributed by atoms with Gasteiger partial charge in [0.15, 0.2) is 0 Å². The zero-order chi connectivity index (χ0) is 12.1. The van der Waals surface area contributed by atoms with E-state index in [2.05, 4.69) is 29.8 Å². The van der Waals surface area contributed by atoms with Crippen LogP contribution in [0.1, 0.15) is 44.8 Å². The number of benzene rings is 1. The topological polar surface area (TPSA) is 20.2 Å². The summed E-state index contributed by atoms with van der Waals surface area (Å²) in [5.74, 6) is 0.560. The van der Waals surface area contributed by atoms with Crippen molar-refractivity contribution in [3.63, 3.8) is 0 Å². The lowest BCUT2D eigenvalue weighted by Crippen LogP contribution is -2.06. The molecule has 3 heteroatoms. The van der Waals surface area contributed by atoms with Crippen LogP contribution in [0.15, 0.2) is 22.7 Å². The molecule has 0 fully saturated rings. The van der Waals surface area contributed by atoms with Crippen molar-refractivity contribution in [3.05, 3.63) is 33.3 Å². The van der Waals surface area contributed by atoms with E-state index >= 15 is 0 Å². The Kier molecular flexibility index (Phi) is 5.81. The van der Waals surface area contributed by atoms with Crippen LogP contribution in [-0.4, -0.2) is 5.11 Å². The van der Waals surface area contributed by atoms with Crippen LogP contribution in [0.3, 0.4) is 0 Å². The van der Waals surface area contributed by atoms with Gasteiger partial charge in [0.1, 0.15) is 0 Å². The summed E-state index contributed by atoms with van der Waals surface area (Å²) < 4.78 is 0.954. The lowest BCUT2D eigenvalue weighted by Gasteiger charge is -2.18. The predicted molar refractivity (Wildman–Crippen MR) is 72.8 cm³/mol. The van der Waals surface area contributed by atoms with E-state index in [0.717, 1.165) is 29.3 Å². The fourth-order valence-corrected chi connectivity index (χ4v) is 2.46. The summed E-state index contributed by atoms with van der Waals surface area (Å²) in [5.41, 5.74) is 0.822. The smallest absolute Gasteiger partial charge is 0.0807 e. The Balaban J connectivity index is 2.79. The highest BCUT2D eigenvalue weighted by molar-refractivity contribution is 9.10. The average molecular weight is 306 g/mol. The van der Waals surface area contributed by atoms with Crippen molar-refractivity contribution in [2.45, 2.75) is 39.2 Å². The van der Waals surface area contributed by atoms with Crippen molar-refractivity contribution in [3.8, 4) is 0 Å². The normalized spacial score (nSPS) is 13.1. The van der Waals surface area contributed by atoms with Crippen LogP contribution in [0.2, 0.25) is 5.02 Å². The third kappa shape index (κ3) is 3.76. The Hall–Kier alpha value is -0.0500.